The van der Waals surface area contributed by atoms with E-state index in [2.05, 4.69) is 15.5 Å². The number of urea groups is 1. The fraction of sp³-hybridized carbons (Fsp3) is 0.409. The van der Waals surface area contributed by atoms with E-state index in [-0.39, 0.29) is 24.1 Å². The van der Waals surface area contributed by atoms with Crippen molar-refractivity contribution >= 4 is 38.8 Å². The predicted molar refractivity (Wildman–Crippen MR) is 123 cm³/mol. The van der Waals surface area contributed by atoms with Gasteiger partial charge < -0.3 is 15.5 Å². The maximum absolute atomic E-state index is 12.3. The van der Waals surface area contributed by atoms with Gasteiger partial charge in [-0.05, 0) is 49.4 Å². The lowest BCUT2D eigenvalue weighted by Crippen LogP contribution is -2.33. The van der Waals surface area contributed by atoms with Crippen LogP contribution >= 0.6 is 11.6 Å². The topological polar surface area (TPSA) is 78.5 Å². The van der Waals surface area contributed by atoms with Gasteiger partial charge in [0.15, 0.2) is 9.84 Å². The molecule has 8 heteroatoms. The maximum atomic E-state index is 12.3. The smallest absolute Gasteiger partial charge is 0.319 e. The fourth-order valence-electron chi connectivity index (χ4n) is 3.58. The number of sulfone groups is 1. The molecule has 1 heterocycles. The van der Waals surface area contributed by atoms with Crippen molar-refractivity contribution in [2.24, 2.45) is 0 Å². The number of carbonyl (C=O) groups excluding carboxylic acids is 1. The molecule has 1 aliphatic rings. The number of carbonyl (C=O) groups is 1. The summed E-state index contributed by atoms with van der Waals surface area (Å²) in [5, 5.41) is 6.16. The Labute approximate surface area is 183 Å². The van der Waals surface area contributed by atoms with E-state index in [0.717, 1.165) is 37.2 Å². The highest BCUT2D eigenvalue weighted by Gasteiger charge is 2.17. The fourth-order valence-corrected chi connectivity index (χ4v) is 5.18. The summed E-state index contributed by atoms with van der Waals surface area (Å²) in [5.41, 5.74) is 2.40. The van der Waals surface area contributed by atoms with Crippen molar-refractivity contribution in [2.45, 2.75) is 31.4 Å². The molecular formula is C22H28ClN3O3S. The van der Waals surface area contributed by atoms with Crippen molar-refractivity contribution in [3.05, 3.63) is 59.1 Å². The van der Waals surface area contributed by atoms with Crippen LogP contribution in [0.4, 0.5) is 16.2 Å². The van der Waals surface area contributed by atoms with Crippen molar-refractivity contribution in [3.63, 3.8) is 0 Å². The molecular weight excluding hydrogens is 422 g/mol. The average Bonchev–Trinajstić information content (AvgIpc) is 2.72. The molecule has 2 amide bonds. The second kappa shape index (κ2) is 10.7. The zero-order chi connectivity index (χ0) is 21.4. The highest BCUT2D eigenvalue weighted by molar-refractivity contribution is 7.90. The van der Waals surface area contributed by atoms with Crippen LogP contribution in [0.15, 0.2) is 48.5 Å². The van der Waals surface area contributed by atoms with Crippen LogP contribution in [0.5, 0.6) is 0 Å². The van der Waals surface area contributed by atoms with E-state index in [1.807, 2.05) is 30.3 Å². The van der Waals surface area contributed by atoms with E-state index in [9.17, 15) is 13.2 Å². The molecule has 6 nitrogen and oxygen atoms in total. The molecule has 162 valence electrons. The van der Waals surface area contributed by atoms with E-state index in [4.69, 9.17) is 11.6 Å². The molecule has 3 rings (SSSR count). The largest absolute Gasteiger partial charge is 0.370 e. The molecule has 1 aliphatic heterocycles. The number of benzene rings is 2. The molecule has 2 aromatic rings. The van der Waals surface area contributed by atoms with Crippen LogP contribution in [0.3, 0.4) is 0 Å². The van der Waals surface area contributed by atoms with Crippen LogP contribution in [-0.4, -0.2) is 39.8 Å². The monoisotopic (exact) mass is 449 g/mol. The Balaban J connectivity index is 1.48. The van der Waals surface area contributed by atoms with Crippen LogP contribution in [0.1, 0.15) is 31.2 Å². The summed E-state index contributed by atoms with van der Waals surface area (Å²) in [6.07, 6.45) is 3.84. The second-order valence-corrected chi connectivity index (χ2v) is 10.1. The molecule has 2 N–H and O–H groups in total. The van der Waals surface area contributed by atoms with Gasteiger partial charge in [0.2, 0.25) is 0 Å². The number of hydrogen-bond donors (Lipinski definition) is 2. The zero-order valence-electron chi connectivity index (χ0n) is 16.9. The van der Waals surface area contributed by atoms with Gasteiger partial charge in [0.1, 0.15) is 0 Å². The Morgan fingerprint density at radius 1 is 1.03 bits per heavy atom. The van der Waals surface area contributed by atoms with E-state index in [0.29, 0.717) is 17.1 Å². The van der Waals surface area contributed by atoms with Gasteiger partial charge in [0.25, 0.3) is 0 Å². The number of nitrogens with one attached hydrogen (secondary N) is 2. The van der Waals surface area contributed by atoms with Gasteiger partial charge >= 0.3 is 6.03 Å². The molecule has 0 aliphatic carbocycles. The Hall–Kier alpha value is -2.25. The number of rotatable bonds is 8. The van der Waals surface area contributed by atoms with Gasteiger partial charge in [-0.15, -0.1) is 0 Å². The third-order valence-electron chi connectivity index (χ3n) is 5.05. The SMILES string of the molecule is O=C(NCCCS(=O)(=O)Cc1ccccc1)Nc1cc(Cl)ccc1N1CCCCC1. The molecule has 0 atom stereocenters. The number of halogens is 1. The predicted octanol–water partition coefficient (Wildman–Crippen LogP) is 4.46. The Morgan fingerprint density at radius 3 is 2.50 bits per heavy atom. The Morgan fingerprint density at radius 2 is 1.77 bits per heavy atom. The summed E-state index contributed by atoms with van der Waals surface area (Å²) in [5.74, 6) is 0.0418. The number of hydrogen-bond acceptors (Lipinski definition) is 4. The molecule has 0 aromatic heterocycles. The lowest BCUT2D eigenvalue weighted by molar-refractivity contribution is 0.252. The van der Waals surface area contributed by atoms with Crippen molar-refractivity contribution < 1.29 is 13.2 Å². The van der Waals surface area contributed by atoms with Gasteiger partial charge in [0.05, 0.1) is 22.9 Å². The molecule has 1 fully saturated rings. The molecule has 0 spiro atoms. The molecule has 2 aromatic carbocycles. The number of anilines is 2. The highest BCUT2D eigenvalue weighted by atomic mass is 35.5. The van der Waals surface area contributed by atoms with Crippen LogP contribution < -0.4 is 15.5 Å². The molecule has 0 saturated carbocycles. The minimum absolute atomic E-state index is 0.0156. The van der Waals surface area contributed by atoms with Crippen LogP contribution in [0.2, 0.25) is 5.02 Å². The van der Waals surface area contributed by atoms with Crippen molar-refractivity contribution in [2.75, 3.05) is 35.6 Å². The molecule has 0 bridgehead atoms. The van der Waals surface area contributed by atoms with Crippen molar-refractivity contribution in [3.8, 4) is 0 Å². The van der Waals surface area contributed by atoms with Crippen LogP contribution in [0, 0.1) is 0 Å². The van der Waals surface area contributed by atoms with Gasteiger partial charge in [-0.1, -0.05) is 41.9 Å². The van der Waals surface area contributed by atoms with Gasteiger partial charge in [-0.2, -0.15) is 0 Å². The first-order chi connectivity index (χ1) is 14.4. The summed E-state index contributed by atoms with van der Waals surface area (Å²) in [6, 6.07) is 14.2. The first-order valence-corrected chi connectivity index (χ1v) is 12.5. The van der Waals surface area contributed by atoms with Gasteiger partial charge in [-0.3, -0.25) is 0 Å². The Kier molecular flexibility index (Phi) is 7.99. The van der Waals surface area contributed by atoms with E-state index >= 15 is 0 Å². The quantitative estimate of drug-likeness (QED) is 0.583. The summed E-state index contributed by atoms with van der Waals surface area (Å²) in [4.78, 5) is 14.6. The minimum atomic E-state index is -3.21. The average molecular weight is 450 g/mol. The summed E-state index contributed by atoms with van der Waals surface area (Å²) in [7, 11) is -3.21. The molecule has 1 saturated heterocycles. The standard InChI is InChI=1S/C22H28ClN3O3S/c23-19-10-11-21(26-13-5-2-6-14-26)20(16-19)25-22(27)24-12-7-15-30(28,29)17-18-8-3-1-4-9-18/h1,3-4,8-11,16H,2,5-7,12-15,17H2,(H2,24,25,27). The maximum Gasteiger partial charge on any atom is 0.319 e. The number of piperidine rings is 1. The normalized spacial score (nSPS) is 14.4. The zero-order valence-corrected chi connectivity index (χ0v) is 18.5. The van der Waals surface area contributed by atoms with Gasteiger partial charge in [0, 0.05) is 24.7 Å². The van der Waals surface area contributed by atoms with Crippen LogP contribution in [-0.2, 0) is 15.6 Å². The van der Waals surface area contributed by atoms with Crippen LogP contribution in [0.25, 0.3) is 0 Å². The number of nitrogens with zero attached hydrogens (tertiary/aromatic N) is 1. The first kappa shape index (κ1) is 22.4. The van der Waals surface area contributed by atoms with E-state index < -0.39 is 9.84 Å². The Bertz CT molecular complexity index is 945. The molecule has 0 radical (unpaired) electrons. The third kappa shape index (κ3) is 6.92. The van der Waals surface area contributed by atoms with E-state index in [1.165, 1.54) is 6.42 Å². The molecule has 0 unspecified atom stereocenters. The minimum Gasteiger partial charge on any atom is -0.370 e. The summed E-state index contributed by atoms with van der Waals surface area (Å²) < 4.78 is 24.5. The van der Waals surface area contributed by atoms with Crippen molar-refractivity contribution in [1.29, 1.82) is 0 Å². The first-order valence-electron chi connectivity index (χ1n) is 10.3. The van der Waals surface area contributed by atoms with E-state index in [1.54, 1.807) is 18.2 Å². The lowest BCUT2D eigenvalue weighted by atomic mass is 10.1. The summed E-state index contributed by atoms with van der Waals surface area (Å²) in [6.45, 7) is 2.19. The number of amides is 2. The summed E-state index contributed by atoms with van der Waals surface area (Å²) >= 11 is 6.13. The lowest BCUT2D eigenvalue weighted by Gasteiger charge is -2.30. The third-order valence-corrected chi connectivity index (χ3v) is 6.97. The van der Waals surface area contributed by atoms with Gasteiger partial charge in [-0.25, -0.2) is 13.2 Å². The van der Waals surface area contributed by atoms with Crippen molar-refractivity contribution in [1.82, 2.24) is 5.32 Å². The molecule has 30 heavy (non-hydrogen) atoms. The highest BCUT2D eigenvalue weighted by Crippen LogP contribution is 2.31. The second-order valence-electron chi connectivity index (χ2n) is 7.52.